The van der Waals surface area contributed by atoms with Crippen LogP contribution in [-0.2, 0) is 5.75 Å². The summed E-state index contributed by atoms with van der Waals surface area (Å²) in [4.78, 5) is 0. The molecular weight excluding hydrogens is 239 g/mol. The van der Waals surface area contributed by atoms with Crippen LogP contribution in [0, 0.1) is 17.1 Å². The van der Waals surface area contributed by atoms with Crippen molar-refractivity contribution in [1.82, 2.24) is 0 Å². The lowest BCUT2D eigenvalue weighted by Gasteiger charge is -2.10. The van der Waals surface area contributed by atoms with Crippen molar-refractivity contribution < 1.29 is 9.50 Å². The largest absolute Gasteiger partial charge is 0.396 e. The second kappa shape index (κ2) is 6.61. The summed E-state index contributed by atoms with van der Waals surface area (Å²) in [7, 11) is 0. The van der Waals surface area contributed by atoms with E-state index in [2.05, 4.69) is 0 Å². The summed E-state index contributed by atoms with van der Waals surface area (Å²) in [5.41, 5.74) is 6.72. The van der Waals surface area contributed by atoms with E-state index in [0.29, 0.717) is 11.3 Å². The second-order valence-electron chi connectivity index (χ2n) is 4.02. The molecule has 1 aromatic rings. The zero-order valence-corrected chi connectivity index (χ0v) is 10.6. The molecule has 1 rings (SSSR count). The monoisotopic (exact) mass is 256 g/mol. The molecule has 1 unspecified atom stereocenters. The summed E-state index contributed by atoms with van der Waals surface area (Å²) in [6.07, 6.45) is 0. The van der Waals surface area contributed by atoms with Gasteiger partial charge in [0.05, 0.1) is 0 Å². The molecule has 0 radical (unpaired) electrons. The average Bonchev–Trinajstić information content (AvgIpc) is 2.30. The van der Waals surface area contributed by atoms with Crippen LogP contribution in [0.2, 0.25) is 0 Å². The number of aliphatic hydroxyl groups is 1. The summed E-state index contributed by atoms with van der Waals surface area (Å²) in [6, 6.07) is 4.31. The Labute approximate surface area is 105 Å². The van der Waals surface area contributed by atoms with Gasteiger partial charge in [-0.3, -0.25) is 5.41 Å². The molecular formula is C12H17FN2OS. The first-order valence-corrected chi connectivity index (χ1v) is 6.51. The van der Waals surface area contributed by atoms with E-state index in [0.717, 1.165) is 11.3 Å². The number of halogens is 1. The zero-order valence-electron chi connectivity index (χ0n) is 9.74. The molecule has 0 heterocycles. The van der Waals surface area contributed by atoms with Gasteiger partial charge >= 0.3 is 0 Å². The number of nitrogen functional groups attached to an aromatic ring is 1. The molecule has 0 aliphatic heterocycles. The quantitative estimate of drug-likeness (QED) is 0.538. The van der Waals surface area contributed by atoms with Gasteiger partial charge in [-0.1, -0.05) is 13.0 Å². The van der Waals surface area contributed by atoms with Crippen molar-refractivity contribution in [3.05, 3.63) is 35.1 Å². The minimum atomic E-state index is -0.382. The highest BCUT2D eigenvalue weighted by molar-refractivity contribution is 7.98. The molecule has 0 aromatic heterocycles. The summed E-state index contributed by atoms with van der Waals surface area (Å²) in [5, 5.41) is 16.3. The molecule has 94 valence electrons. The van der Waals surface area contributed by atoms with E-state index >= 15 is 0 Å². The van der Waals surface area contributed by atoms with Crippen molar-refractivity contribution >= 4 is 17.6 Å². The highest BCUT2D eigenvalue weighted by Crippen LogP contribution is 2.19. The first-order chi connectivity index (χ1) is 8.04. The normalized spacial score (nSPS) is 12.4. The lowest BCUT2D eigenvalue weighted by Crippen LogP contribution is -2.14. The number of thioether (sulfide) groups is 1. The van der Waals surface area contributed by atoms with Crippen LogP contribution in [0.3, 0.4) is 0 Å². The molecule has 3 nitrogen and oxygen atoms in total. The molecule has 0 spiro atoms. The first kappa shape index (κ1) is 14.0. The van der Waals surface area contributed by atoms with E-state index in [1.165, 1.54) is 12.1 Å². The lowest BCUT2D eigenvalue weighted by atomic mass is 10.1. The third kappa shape index (κ3) is 4.36. The third-order valence-corrected chi connectivity index (χ3v) is 3.65. The van der Waals surface area contributed by atoms with Gasteiger partial charge in [0.15, 0.2) is 0 Å². The van der Waals surface area contributed by atoms with Crippen molar-refractivity contribution in [1.29, 1.82) is 5.41 Å². The maximum atomic E-state index is 13.0. The Morgan fingerprint density at radius 2 is 2.29 bits per heavy atom. The fourth-order valence-corrected chi connectivity index (χ4v) is 2.45. The van der Waals surface area contributed by atoms with E-state index in [4.69, 9.17) is 16.2 Å². The number of hydrogen-bond donors (Lipinski definition) is 3. The van der Waals surface area contributed by atoms with E-state index in [1.54, 1.807) is 17.8 Å². The van der Waals surface area contributed by atoms with Crippen molar-refractivity contribution in [3.63, 3.8) is 0 Å². The van der Waals surface area contributed by atoms with E-state index in [9.17, 15) is 4.39 Å². The minimum Gasteiger partial charge on any atom is -0.396 e. The molecule has 5 heteroatoms. The predicted octanol–water partition coefficient (Wildman–Crippen LogP) is 1.97. The molecule has 0 bridgehead atoms. The smallest absolute Gasteiger partial charge is 0.123 e. The van der Waals surface area contributed by atoms with Gasteiger partial charge in [-0.15, -0.1) is 0 Å². The molecule has 0 saturated carbocycles. The van der Waals surface area contributed by atoms with Crippen molar-refractivity contribution in [3.8, 4) is 0 Å². The van der Waals surface area contributed by atoms with Crippen LogP contribution in [0.4, 0.5) is 4.39 Å². The number of aliphatic hydroxyl groups excluding tert-OH is 1. The summed E-state index contributed by atoms with van der Waals surface area (Å²) < 4.78 is 13.0. The number of hydrogen-bond acceptors (Lipinski definition) is 3. The summed E-state index contributed by atoms with van der Waals surface area (Å²) in [5.74, 6) is 1.23. The fraction of sp³-hybridized carbons (Fsp3) is 0.417. The molecule has 0 amide bonds. The van der Waals surface area contributed by atoms with E-state index in [-0.39, 0.29) is 24.2 Å². The van der Waals surface area contributed by atoms with Crippen molar-refractivity contribution in [2.75, 3.05) is 12.4 Å². The number of nitrogens with one attached hydrogen (secondary N) is 1. The van der Waals surface area contributed by atoms with Crippen LogP contribution in [0.25, 0.3) is 0 Å². The van der Waals surface area contributed by atoms with Crippen LogP contribution in [0.15, 0.2) is 18.2 Å². The molecule has 17 heavy (non-hydrogen) atoms. The number of rotatable bonds is 6. The highest BCUT2D eigenvalue weighted by Gasteiger charge is 2.08. The standard InChI is InChI=1S/C12H17FN2OS/c1-8(5-16)6-17-7-9-2-3-10(13)4-11(9)12(14)15/h2-4,8,16H,5-7H2,1H3,(H3,14,15). The molecule has 0 aliphatic rings. The predicted molar refractivity (Wildman–Crippen MR) is 69.8 cm³/mol. The minimum absolute atomic E-state index is 0.115. The Hall–Kier alpha value is -1.07. The van der Waals surface area contributed by atoms with Crippen LogP contribution in [0.5, 0.6) is 0 Å². The Morgan fingerprint density at radius 3 is 2.88 bits per heavy atom. The molecule has 1 aromatic carbocycles. The SMILES string of the molecule is CC(CO)CSCc1ccc(F)cc1C(=N)N. The number of amidine groups is 1. The zero-order chi connectivity index (χ0) is 12.8. The molecule has 1 atom stereocenters. The Balaban J connectivity index is 2.67. The molecule has 0 fully saturated rings. The first-order valence-electron chi connectivity index (χ1n) is 5.36. The topological polar surface area (TPSA) is 70.1 Å². The van der Waals surface area contributed by atoms with Gasteiger partial charge < -0.3 is 10.8 Å². The number of benzene rings is 1. The van der Waals surface area contributed by atoms with Crippen LogP contribution >= 0.6 is 11.8 Å². The maximum Gasteiger partial charge on any atom is 0.123 e. The van der Waals surface area contributed by atoms with Crippen LogP contribution < -0.4 is 5.73 Å². The maximum absolute atomic E-state index is 13.0. The van der Waals surface area contributed by atoms with Crippen molar-refractivity contribution in [2.24, 2.45) is 11.7 Å². The van der Waals surface area contributed by atoms with Crippen LogP contribution in [-0.4, -0.2) is 23.3 Å². The van der Waals surface area contributed by atoms with Gasteiger partial charge in [0.25, 0.3) is 0 Å². The molecule has 4 N–H and O–H groups in total. The van der Waals surface area contributed by atoms with Gasteiger partial charge in [-0.05, 0) is 29.4 Å². The van der Waals surface area contributed by atoms with Crippen molar-refractivity contribution in [2.45, 2.75) is 12.7 Å². The second-order valence-corrected chi connectivity index (χ2v) is 5.05. The lowest BCUT2D eigenvalue weighted by molar-refractivity contribution is 0.250. The van der Waals surface area contributed by atoms with Gasteiger partial charge in [0, 0.05) is 17.9 Å². The van der Waals surface area contributed by atoms with E-state index < -0.39 is 0 Å². The van der Waals surface area contributed by atoms with Crippen LogP contribution in [0.1, 0.15) is 18.1 Å². The Morgan fingerprint density at radius 1 is 1.59 bits per heavy atom. The summed E-state index contributed by atoms with van der Waals surface area (Å²) in [6.45, 7) is 2.12. The fourth-order valence-electron chi connectivity index (χ4n) is 1.35. The number of nitrogens with two attached hydrogens (primary N) is 1. The average molecular weight is 256 g/mol. The molecule has 0 aliphatic carbocycles. The molecule has 0 saturated heterocycles. The summed E-state index contributed by atoms with van der Waals surface area (Å²) >= 11 is 1.64. The van der Waals surface area contributed by atoms with Gasteiger partial charge in [-0.2, -0.15) is 11.8 Å². The third-order valence-electron chi connectivity index (χ3n) is 2.33. The Kier molecular flexibility index (Phi) is 5.44. The van der Waals surface area contributed by atoms with Gasteiger partial charge in [0.2, 0.25) is 0 Å². The Bertz CT molecular complexity index is 398. The highest BCUT2D eigenvalue weighted by atomic mass is 32.2. The van der Waals surface area contributed by atoms with Gasteiger partial charge in [-0.25, -0.2) is 4.39 Å². The van der Waals surface area contributed by atoms with Gasteiger partial charge in [0.1, 0.15) is 11.7 Å². The van der Waals surface area contributed by atoms with E-state index in [1.807, 2.05) is 6.92 Å².